The number of aryl methyl sites for hydroxylation is 1. The largest absolute Gasteiger partial charge is 0.379 e. The van der Waals surface area contributed by atoms with Crippen LogP contribution in [0.15, 0.2) is 12.4 Å². The van der Waals surface area contributed by atoms with Gasteiger partial charge in [0.1, 0.15) is 11.4 Å². The van der Waals surface area contributed by atoms with Gasteiger partial charge in [0.2, 0.25) is 0 Å². The lowest BCUT2D eigenvalue weighted by Crippen LogP contribution is -2.29. The van der Waals surface area contributed by atoms with Gasteiger partial charge in [-0.1, -0.05) is 0 Å². The summed E-state index contributed by atoms with van der Waals surface area (Å²) < 4.78 is 6.96. The number of hydrogen-bond acceptors (Lipinski definition) is 3. The van der Waals surface area contributed by atoms with E-state index in [4.69, 9.17) is 4.74 Å². The summed E-state index contributed by atoms with van der Waals surface area (Å²) in [4.78, 5) is 4.10. The zero-order valence-electron chi connectivity index (χ0n) is 7.03. The summed E-state index contributed by atoms with van der Waals surface area (Å²) in [6.45, 7) is 0.973. The van der Waals surface area contributed by atoms with E-state index in [1.54, 1.807) is 6.20 Å². The average Bonchev–Trinajstić information content (AvgIpc) is 2.59. The van der Waals surface area contributed by atoms with Gasteiger partial charge in [0, 0.05) is 25.9 Å². The van der Waals surface area contributed by atoms with Crippen LogP contribution >= 0.6 is 0 Å². The van der Waals surface area contributed by atoms with Gasteiger partial charge < -0.3 is 14.4 Å². The van der Waals surface area contributed by atoms with Crippen molar-refractivity contribution in [1.82, 2.24) is 9.55 Å². The zero-order valence-corrected chi connectivity index (χ0v) is 7.03. The highest BCUT2D eigenvalue weighted by Crippen LogP contribution is 2.28. The molecule has 66 valence electrons. The monoisotopic (exact) mass is 168 g/mol. The molecule has 4 nitrogen and oxygen atoms in total. The standard InChI is InChI=1S/C8H12N2O2/c1-10-4-3-9-7(10)8(11)2-5-12-6-8/h3-4,11H,2,5-6H2,1H3. The second-order valence-electron chi connectivity index (χ2n) is 3.20. The van der Waals surface area contributed by atoms with Crippen molar-refractivity contribution < 1.29 is 9.84 Å². The first kappa shape index (κ1) is 7.76. The first-order valence-corrected chi connectivity index (χ1v) is 4.00. The molecule has 2 rings (SSSR count). The molecular formula is C8H12N2O2. The number of rotatable bonds is 1. The maximum atomic E-state index is 10.0. The first-order chi connectivity index (χ1) is 5.72. The van der Waals surface area contributed by atoms with Crippen molar-refractivity contribution >= 4 is 0 Å². The van der Waals surface area contributed by atoms with Crippen molar-refractivity contribution in [2.24, 2.45) is 7.05 Å². The van der Waals surface area contributed by atoms with Crippen LogP contribution in [0.1, 0.15) is 12.2 Å². The highest BCUT2D eigenvalue weighted by molar-refractivity contribution is 5.06. The molecule has 0 aromatic carbocycles. The van der Waals surface area contributed by atoms with Gasteiger partial charge in [-0.25, -0.2) is 4.98 Å². The van der Waals surface area contributed by atoms with Gasteiger partial charge >= 0.3 is 0 Å². The summed E-state index contributed by atoms with van der Waals surface area (Å²) in [5.74, 6) is 0.694. The Bertz CT molecular complexity index is 276. The highest BCUT2D eigenvalue weighted by Gasteiger charge is 2.37. The van der Waals surface area contributed by atoms with Crippen molar-refractivity contribution in [2.45, 2.75) is 12.0 Å². The van der Waals surface area contributed by atoms with Crippen molar-refractivity contribution in [3.63, 3.8) is 0 Å². The summed E-state index contributed by atoms with van der Waals surface area (Å²) in [6, 6.07) is 0. The van der Waals surface area contributed by atoms with Gasteiger partial charge in [-0.05, 0) is 0 Å². The summed E-state index contributed by atoms with van der Waals surface area (Å²) in [6.07, 6.45) is 4.15. The second-order valence-corrected chi connectivity index (χ2v) is 3.20. The molecular weight excluding hydrogens is 156 g/mol. The highest BCUT2D eigenvalue weighted by atomic mass is 16.5. The molecule has 0 aliphatic carbocycles. The Balaban J connectivity index is 2.34. The third kappa shape index (κ3) is 1.04. The molecule has 0 bridgehead atoms. The second kappa shape index (κ2) is 2.57. The molecule has 0 radical (unpaired) electrons. The van der Waals surface area contributed by atoms with E-state index in [9.17, 15) is 5.11 Å². The van der Waals surface area contributed by atoms with Crippen molar-refractivity contribution in [1.29, 1.82) is 0 Å². The Labute approximate surface area is 70.8 Å². The molecule has 1 aromatic rings. The van der Waals surface area contributed by atoms with E-state index in [-0.39, 0.29) is 0 Å². The number of hydrogen-bond donors (Lipinski definition) is 1. The molecule has 1 N–H and O–H groups in total. The lowest BCUT2D eigenvalue weighted by Gasteiger charge is -2.19. The fourth-order valence-corrected chi connectivity index (χ4v) is 1.54. The van der Waals surface area contributed by atoms with Gasteiger partial charge in [-0.15, -0.1) is 0 Å². The van der Waals surface area contributed by atoms with E-state index in [1.165, 1.54) is 0 Å². The van der Waals surface area contributed by atoms with Gasteiger partial charge in [-0.2, -0.15) is 0 Å². The molecule has 2 heterocycles. The summed E-state index contributed by atoms with van der Waals surface area (Å²) in [5.41, 5.74) is -0.863. The van der Waals surface area contributed by atoms with E-state index in [2.05, 4.69) is 4.98 Å². The van der Waals surface area contributed by atoms with Crippen LogP contribution in [-0.2, 0) is 17.4 Å². The minimum absolute atomic E-state index is 0.359. The van der Waals surface area contributed by atoms with E-state index in [1.807, 2.05) is 17.8 Å². The molecule has 1 atom stereocenters. The quantitative estimate of drug-likeness (QED) is 0.643. The predicted octanol–water partition coefficient (Wildman–Crippen LogP) is 0.0280. The topological polar surface area (TPSA) is 47.3 Å². The minimum atomic E-state index is -0.863. The number of aromatic nitrogens is 2. The normalized spacial score (nSPS) is 29.5. The lowest BCUT2D eigenvalue weighted by atomic mass is 10.0. The summed E-state index contributed by atoms with van der Waals surface area (Å²) in [7, 11) is 1.87. The van der Waals surface area contributed by atoms with Crippen LogP contribution in [0.2, 0.25) is 0 Å². The third-order valence-corrected chi connectivity index (χ3v) is 2.24. The van der Waals surface area contributed by atoms with E-state index in [0.29, 0.717) is 25.5 Å². The fraction of sp³-hybridized carbons (Fsp3) is 0.625. The number of nitrogens with zero attached hydrogens (tertiary/aromatic N) is 2. The third-order valence-electron chi connectivity index (χ3n) is 2.24. The van der Waals surface area contributed by atoms with Crippen LogP contribution in [-0.4, -0.2) is 27.9 Å². The molecule has 0 amide bonds. The SMILES string of the molecule is Cn1ccnc1C1(O)CCOC1. The van der Waals surface area contributed by atoms with Crippen LogP contribution in [0.3, 0.4) is 0 Å². The maximum Gasteiger partial charge on any atom is 0.147 e. The van der Waals surface area contributed by atoms with Gasteiger partial charge in [-0.3, -0.25) is 0 Å². The van der Waals surface area contributed by atoms with Crippen molar-refractivity contribution in [3.8, 4) is 0 Å². The molecule has 4 heteroatoms. The molecule has 1 fully saturated rings. The van der Waals surface area contributed by atoms with Crippen LogP contribution in [0.4, 0.5) is 0 Å². The molecule has 0 spiro atoms. The van der Waals surface area contributed by atoms with Crippen LogP contribution in [0.5, 0.6) is 0 Å². The van der Waals surface area contributed by atoms with Crippen molar-refractivity contribution in [2.75, 3.05) is 13.2 Å². The lowest BCUT2D eigenvalue weighted by molar-refractivity contribution is 0.0131. The van der Waals surface area contributed by atoms with Crippen LogP contribution in [0.25, 0.3) is 0 Å². The summed E-state index contributed by atoms with van der Waals surface area (Å²) in [5, 5.41) is 10.0. The van der Waals surface area contributed by atoms with Crippen LogP contribution < -0.4 is 0 Å². The molecule has 1 aromatic heterocycles. The Morgan fingerprint density at radius 1 is 1.75 bits per heavy atom. The van der Waals surface area contributed by atoms with Crippen LogP contribution in [0, 0.1) is 0 Å². The molecule has 1 unspecified atom stereocenters. The number of ether oxygens (including phenoxy) is 1. The Kier molecular flexibility index (Phi) is 1.66. The Hall–Kier alpha value is -0.870. The minimum Gasteiger partial charge on any atom is -0.379 e. The molecule has 1 saturated heterocycles. The summed E-state index contributed by atoms with van der Waals surface area (Å²) >= 11 is 0. The van der Waals surface area contributed by atoms with Gasteiger partial charge in [0.05, 0.1) is 13.2 Å². The Morgan fingerprint density at radius 3 is 3.08 bits per heavy atom. The van der Waals surface area contributed by atoms with Gasteiger partial charge in [0.25, 0.3) is 0 Å². The molecule has 1 aliphatic rings. The smallest absolute Gasteiger partial charge is 0.147 e. The number of aliphatic hydroxyl groups is 1. The maximum absolute atomic E-state index is 10.0. The molecule has 0 saturated carbocycles. The predicted molar refractivity (Wildman–Crippen MR) is 42.5 cm³/mol. The fourth-order valence-electron chi connectivity index (χ4n) is 1.54. The Morgan fingerprint density at radius 2 is 2.58 bits per heavy atom. The first-order valence-electron chi connectivity index (χ1n) is 4.00. The molecule has 12 heavy (non-hydrogen) atoms. The van der Waals surface area contributed by atoms with E-state index < -0.39 is 5.60 Å². The van der Waals surface area contributed by atoms with E-state index >= 15 is 0 Å². The zero-order chi connectivity index (χ0) is 8.60. The van der Waals surface area contributed by atoms with Crippen molar-refractivity contribution in [3.05, 3.63) is 18.2 Å². The molecule has 1 aliphatic heterocycles. The van der Waals surface area contributed by atoms with Gasteiger partial charge in [0.15, 0.2) is 0 Å². The number of imidazole rings is 1. The average molecular weight is 168 g/mol. The van der Waals surface area contributed by atoms with E-state index in [0.717, 1.165) is 0 Å².